The normalized spacial score (nSPS) is 11.5. The fraction of sp³-hybridized carbons (Fsp3) is 0.0714. The fourth-order valence-electron chi connectivity index (χ4n) is 1.77. The lowest BCUT2D eigenvalue weighted by molar-refractivity contribution is -0.384. The van der Waals surface area contributed by atoms with Crippen LogP contribution in [-0.2, 0) is 0 Å². The molecule has 0 saturated carbocycles. The molecule has 2 aromatic rings. The molecule has 0 saturated heterocycles. The van der Waals surface area contributed by atoms with Gasteiger partial charge < -0.3 is 0 Å². The summed E-state index contributed by atoms with van der Waals surface area (Å²) in [5, 5.41) is 18.0. The van der Waals surface area contributed by atoms with E-state index in [4.69, 9.17) is 0 Å². The highest BCUT2D eigenvalue weighted by Gasteiger charge is 2.42. The van der Waals surface area contributed by atoms with Crippen molar-refractivity contribution in [1.82, 2.24) is 0 Å². The number of non-ortho nitro benzene ring substituents is 1. The van der Waals surface area contributed by atoms with Crippen LogP contribution < -0.4 is 4.90 Å². The summed E-state index contributed by atoms with van der Waals surface area (Å²) in [7, 11) is 0. The fourth-order valence-corrected chi connectivity index (χ4v) is 1.77. The summed E-state index contributed by atoms with van der Waals surface area (Å²) in [5.74, 6) is 0. The monoisotopic (exact) mass is 356 g/mol. The first-order chi connectivity index (χ1) is 11.7. The van der Waals surface area contributed by atoms with Gasteiger partial charge in [0.15, 0.2) is 0 Å². The SMILES string of the molecule is O=C(F)N(c1ccc(N=Nc2ccc([N+](=O)[O-])cc2)cc1)C(F)(F)F. The van der Waals surface area contributed by atoms with Crippen molar-refractivity contribution in [3.8, 4) is 0 Å². The summed E-state index contributed by atoms with van der Waals surface area (Å²) in [5.41, 5.74) is -0.429. The number of rotatable bonds is 4. The van der Waals surface area contributed by atoms with E-state index < -0.39 is 28.0 Å². The molecule has 0 aliphatic heterocycles. The van der Waals surface area contributed by atoms with Gasteiger partial charge in [-0.25, -0.2) is 4.79 Å². The molecular formula is C14H8F4N4O3. The highest BCUT2D eigenvalue weighted by atomic mass is 19.4. The third-order valence-corrected chi connectivity index (χ3v) is 2.88. The van der Waals surface area contributed by atoms with Gasteiger partial charge in [0.05, 0.1) is 22.0 Å². The lowest BCUT2D eigenvalue weighted by Gasteiger charge is -2.21. The lowest BCUT2D eigenvalue weighted by Crippen LogP contribution is -2.40. The Balaban J connectivity index is 2.17. The minimum absolute atomic E-state index is 0.133. The number of hydrogen-bond acceptors (Lipinski definition) is 5. The Hall–Kier alpha value is -3.37. The Kier molecular flexibility index (Phi) is 5.05. The van der Waals surface area contributed by atoms with Crippen LogP contribution >= 0.6 is 0 Å². The van der Waals surface area contributed by atoms with Crippen LogP contribution in [0.15, 0.2) is 58.8 Å². The number of benzene rings is 2. The van der Waals surface area contributed by atoms with E-state index in [1.54, 1.807) is 0 Å². The molecule has 2 rings (SSSR count). The van der Waals surface area contributed by atoms with Gasteiger partial charge in [0.2, 0.25) is 0 Å². The van der Waals surface area contributed by atoms with Gasteiger partial charge in [-0.05, 0) is 36.4 Å². The summed E-state index contributed by atoms with van der Waals surface area (Å²) >= 11 is 0. The summed E-state index contributed by atoms with van der Waals surface area (Å²) in [6.45, 7) is 0. The largest absolute Gasteiger partial charge is 0.493 e. The van der Waals surface area contributed by atoms with E-state index in [0.29, 0.717) is 0 Å². The molecule has 0 atom stereocenters. The van der Waals surface area contributed by atoms with E-state index in [1.807, 2.05) is 0 Å². The number of anilines is 1. The van der Waals surface area contributed by atoms with Gasteiger partial charge in [-0.15, -0.1) is 17.6 Å². The summed E-state index contributed by atoms with van der Waals surface area (Å²) < 4.78 is 50.4. The molecule has 2 aromatic carbocycles. The van der Waals surface area contributed by atoms with Gasteiger partial charge in [-0.2, -0.15) is 15.1 Å². The number of nitrogens with zero attached hydrogens (tertiary/aromatic N) is 4. The number of alkyl halides is 3. The van der Waals surface area contributed by atoms with Crippen molar-refractivity contribution < 1.29 is 27.3 Å². The standard InChI is InChI=1S/C14H8F4N4O3/c15-13(23)21(14(16,17)18)11-5-1-9(2-6-11)19-20-10-3-7-12(8-4-10)22(24)25/h1-8H. The second kappa shape index (κ2) is 7.03. The van der Waals surface area contributed by atoms with E-state index in [1.165, 1.54) is 24.3 Å². The predicted molar refractivity (Wildman–Crippen MR) is 78.8 cm³/mol. The number of hydrogen-bond donors (Lipinski definition) is 0. The first-order valence-electron chi connectivity index (χ1n) is 6.51. The van der Waals surface area contributed by atoms with Crippen molar-refractivity contribution in [2.24, 2.45) is 10.2 Å². The highest BCUT2D eigenvalue weighted by Crippen LogP contribution is 2.31. The van der Waals surface area contributed by atoms with Crippen LogP contribution in [0.25, 0.3) is 0 Å². The Labute approximate surface area is 137 Å². The average Bonchev–Trinajstić information content (AvgIpc) is 2.53. The molecule has 7 nitrogen and oxygen atoms in total. The molecule has 0 unspecified atom stereocenters. The van der Waals surface area contributed by atoms with Crippen LogP contribution in [0.1, 0.15) is 0 Å². The lowest BCUT2D eigenvalue weighted by atomic mass is 10.2. The molecule has 11 heteroatoms. The summed E-state index contributed by atoms with van der Waals surface area (Å²) in [4.78, 5) is 19.5. The quantitative estimate of drug-likeness (QED) is 0.183. The van der Waals surface area contributed by atoms with Gasteiger partial charge in [0.25, 0.3) is 5.69 Å². The van der Waals surface area contributed by atoms with Gasteiger partial charge in [-0.3, -0.25) is 10.1 Å². The predicted octanol–water partition coefficient (Wildman–Crippen LogP) is 5.43. The van der Waals surface area contributed by atoms with Crippen molar-refractivity contribution in [2.45, 2.75) is 6.30 Å². The van der Waals surface area contributed by atoms with Gasteiger partial charge >= 0.3 is 12.5 Å². The Bertz CT molecular complexity index is 804. The first-order valence-corrected chi connectivity index (χ1v) is 6.51. The molecule has 0 aliphatic rings. The first kappa shape index (κ1) is 18.0. The minimum atomic E-state index is -5.20. The van der Waals surface area contributed by atoms with Gasteiger partial charge in [0.1, 0.15) is 0 Å². The Morgan fingerprint density at radius 2 is 1.40 bits per heavy atom. The van der Waals surface area contributed by atoms with Crippen LogP contribution in [0, 0.1) is 10.1 Å². The van der Waals surface area contributed by atoms with Crippen molar-refractivity contribution >= 4 is 28.9 Å². The smallest absolute Gasteiger partial charge is 0.258 e. The van der Waals surface area contributed by atoms with Crippen LogP contribution in [0.2, 0.25) is 0 Å². The molecule has 0 bridgehead atoms. The molecule has 0 aliphatic carbocycles. The maximum Gasteiger partial charge on any atom is 0.493 e. The van der Waals surface area contributed by atoms with Crippen LogP contribution in [-0.4, -0.2) is 17.4 Å². The topological polar surface area (TPSA) is 88.2 Å². The average molecular weight is 356 g/mol. The van der Waals surface area contributed by atoms with Gasteiger partial charge in [0, 0.05) is 12.1 Å². The van der Waals surface area contributed by atoms with Crippen LogP contribution in [0.5, 0.6) is 0 Å². The maximum atomic E-state index is 12.6. The molecule has 0 N–H and O–H groups in total. The number of azo groups is 1. The molecule has 1 amide bonds. The van der Waals surface area contributed by atoms with E-state index in [0.717, 1.165) is 24.3 Å². The second-order valence-corrected chi connectivity index (χ2v) is 4.55. The molecule has 25 heavy (non-hydrogen) atoms. The zero-order valence-electron chi connectivity index (χ0n) is 12.1. The number of halogens is 4. The zero-order chi connectivity index (χ0) is 18.6. The molecule has 0 aromatic heterocycles. The summed E-state index contributed by atoms with van der Waals surface area (Å²) in [6.07, 6.45) is -7.86. The molecule has 0 heterocycles. The highest BCUT2D eigenvalue weighted by molar-refractivity contribution is 5.87. The summed E-state index contributed by atoms with van der Waals surface area (Å²) in [6, 6.07) is 9.02. The van der Waals surface area contributed by atoms with Crippen LogP contribution in [0.4, 0.5) is 45.1 Å². The molecule has 0 spiro atoms. The number of nitro groups is 1. The Morgan fingerprint density at radius 3 is 1.76 bits per heavy atom. The van der Waals surface area contributed by atoms with Crippen molar-refractivity contribution in [2.75, 3.05) is 4.90 Å². The number of nitro benzene ring substituents is 1. The third kappa shape index (κ3) is 4.56. The van der Waals surface area contributed by atoms with E-state index >= 15 is 0 Å². The zero-order valence-corrected chi connectivity index (χ0v) is 12.1. The number of carbonyl (C=O) groups excluding carboxylic acids is 1. The van der Waals surface area contributed by atoms with E-state index in [2.05, 4.69) is 10.2 Å². The molecule has 130 valence electrons. The van der Waals surface area contributed by atoms with Crippen molar-refractivity contribution in [1.29, 1.82) is 0 Å². The molecule has 0 radical (unpaired) electrons. The van der Waals surface area contributed by atoms with Crippen molar-refractivity contribution in [3.63, 3.8) is 0 Å². The second-order valence-electron chi connectivity index (χ2n) is 4.55. The van der Waals surface area contributed by atoms with Crippen LogP contribution in [0.3, 0.4) is 0 Å². The molecular weight excluding hydrogens is 348 g/mol. The minimum Gasteiger partial charge on any atom is -0.258 e. The maximum absolute atomic E-state index is 12.6. The number of carbonyl (C=O) groups is 1. The van der Waals surface area contributed by atoms with Crippen molar-refractivity contribution in [3.05, 3.63) is 58.6 Å². The van der Waals surface area contributed by atoms with Gasteiger partial charge in [-0.1, -0.05) is 0 Å². The van der Waals surface area contributed by atoms with E-state index in [-0.39, 0.29) is 17.1 Å². The van der Waals surface area contributed by atoms with E-state index in [9.17, 15) is 32.5 Å². The molecule has 0 fully saturated rings. The third-order valence-electron chi connectivity index (χ3n) is 2.88. The Morgan fingerprint density at radius 1 is 0.960 bits per heavy atom. The number of amides is 1.